The summed E-state index contributed by atoms with van der Waals surface area (Å²) in [6, 6.07) is 0.111. The summed E-state index contributed by atoms with van der Waals surface area (Å²) in [6.07, 6.45) is 1.54. The summed E-state index contributed by atoms with van der Waals surface area (Å²) < 4.78 is 0. The molecule has 0 unspecified atom stereocenters. The van der Waals surface area contributed by atoms with Crippen LogP contribution in [0.3, 0.4) is 0 Å². The van der Waals surface area contributed by atoms with Crippen LogP contribution < -0.4 is 5.32 Å². The van der Waals surface area contributed by atoms with Gasteiger partial charge in [0.2, 0.25) is 5.91 Å². The lowest BCUT2D eigenvalue weighted by Gasteiger charge is -2.43. The van der Waals surface area contributed by atoms with Gasteiger partial charge in [0, 0.05) is 13.1 Å². The molecule has 2 aliphatic rings. The molecule has 1 amide bonds. The van der Waals surface area contributed by atoms with E-state index in [0.29, 0.717) is 6.54 Å². The van der Waals surface area contributed by atoms with Gasteiger partial charge < -0.3 is 15.3 Å². The maximum atomic E-state index is 11.3. The van der Waals surface area contributed by atoms with E-state index in [-0.39, 0.29) is 18.1 Å². The van der Waals surface area contributed by atoms with Crippen molar-refractivity contribution in [3.63, 3.8) is 0 Å². The third-order valence-electron chi connectivity index (χ3n) is 2.73. The second-order valence-electron chi connectivity index (χ2n) is 3.48. The molecule has 1 aliphatic heterocycles. The summed E-state index contributed by atoms with van der Waals surface area (Å²) in [4.78, 5) is 13.1. The van der Waals surface area contributed by atoms with Gasteiger partial charge in [-0.15, -0.1) is 0 Å². The molecular weight excluding hydrogens is 156 g/mol. The molecule has 2 N–H and O–H groups in total. The number of hydrogen-bond donors (Lipinski definition) is 2. The number of rotatable bonds is 1. The zero-order chi connectivity index (χ0) is 8.55. The molecule has 1 saturated heterocycles. The number of carbonyl (C=O) groups excluding carboxylic acids is 1. The Balaban J connectivity index is 1.96. The number of carbonyl (C=O) groups is 1. The molecule has 12 heavy (non-hydrogen) atoms. The Morgan fingerprint density at radius 2 is 2.33 bits per heavy atom. The first-order valence-electron chi connectivity index (χ1n) is 4.47. The van der Waals surface area contributed by atoms with Crippen molar-refractivity contribution >= 4 is 5.91 Å². The summed E-state index contributed by atoms with van der Waals surface area (Å²) >= 11 is 0. The number of nitrogens with zero attached hydrogens (tertiary/aromatic N) is 1. The third kappa shape index (κ3) is 1.21. The standard InChI is InChI=1S/C8H14N2O2/c11-7-2-1-6(7)10-4-3-9-5-8(10)12/h6-7,9,11H,1-5H2/t6-,7-/m1/s1. The van der Waals surface area contributed by atoms with Crippen LogP contribution in [0.25, 0.3) is 0 Å². The Morgan fingerprint density at radius 1 is 1.50 bits per heavy atom. The van der Waals surface area contributed by atoms with Crippen molar-refractivity contribution in [2.75, 3.05) is 19.6 Å². The lowest BCUT2D eigenvalue weighted by molar-refractivity contribution is -0.141. The molecule has 2 fully saturated rings. The first-order chi connectivity index (χ1) is 5.79. The zero-order valence-corrected chi connectivity index (χ0v) is 6.99. The number of piperazine rings is 1. The highest BCUT2D eigenvalue weighted by atomic mass is 16.3. The van der Waals surface area contributed by atoms with E-state index >= 15 is 0 Å². The van der Waals surface area contributed by atoms with Crippen molar-refractivity contribution < 1.29 is 9.90 Å². The van der Waals surface area contributed by atoms with Crippen molar-refractivity contribution in [3.8, 4) is 0 Å². The highest BCUT2D eigenvalue weighted by Crippen LogP contribution is 2.25. The molecule has 0 spiro atoms. The molecule has 0 bridgehead atoms. The molecule has 0 aromatic carbocycles. The van der Waals surface area contributed by atoms with Crippen LogP contribution in [-0.4, -0.2) is 47.7 Å². The topological polar surface area (TPSA) is 52.6 Å². The zero-order valence-electron chi connectivity index (χ0n) is 6.99. The van der Waals surface area contributed by atoms with Gasteiger partial charge in [-0.05, 0) is 12.8 Å². The van der Waals surface area contributed by atoms with Crippen LogP contribution in [0, 0.1) is 0 Å². The van der Waals surface area contributed by atoms with Crippen LogP contribution in [0.2, 0.25) is 0 Å². The van der Waals surface area contributed by atoms with Crippen LogP contribution in [-0.2, 0) is 4.79 Å². The number of hydrogen-bond acceptors (Lipinski definition) is 3. The molecule has 4 nitrogen and oxygen atoms in total. The number of aliphatic hydroxyl groups excluding tert-OH is 1. The molecule has 1 aliphatic carbocycles. The normalized spacial score (nSPS) is 36.4. The molecule has 1 heterocycles. The molecule has 0 radical (unpaired) electrons. The largest absolute Gasteiger partial charge is 0.391 e. The SMILES string of the molecule is O=C1CNCCN1[C@@H]1CC[C@H]1O. The first-order valence-corrected chi connectivity index (χ1v) is 4.47. The predicted molar refractivity (Wildman–Crippen MR) is 43.6 cm³/mol. The Bertz CT molecular complexity index is 195. The molecule has 2 rings (SSSR count). The first kappa shape index (κ1) is 8.01. The second-order valence-corrected chi connectivity index (χ2v) is 3.48. The van der Waals surface area contributed by atoms with Gasteiger partial charge in [-0.3, -0.25) is 4.79 Å². The van der Waals surface area contributed by atoms with Crippen LogP contribution >= 0.6 is 0 Å². The number of aliphatic hydroxyl groups is 1. The average Bonchev–Trinajstić information content (AvgIpc) is 2.06. The van der Waals surface area contributed by atoms with E-state index in [4.69, 9.17) is 0 Å². The van der Waals surface area contributed by atoms with Gasteiger partial charge >= 0.3 is 0 Å². The third-order valence-corrected chi connectivity index (χ3v) is 2.73. The predicted octanol–water partition coefficient (Wildman–Crippen LogP) is -1.06. The van der Waals surface area contributed by atoms with Gasteiger partial charge in [0.1, 0.15) is 0 Å². The van der Waals surface area contributed by atoms with Crippen molar-refractivity contribution in [1.82, 2.24) is 10.2 Å². The van der Waals surface area contributed by atoms with E-state index < -0.39 is 0 Å². The van der Waals surface area contributed by atoms with Gasteiger partial charge in [0.15, 0.2) is 0 Å². The lowest BCUT2D eigenvalue weighted by Crippen LogP contribution is -2.59. The molecule has 0 aromatic heterocycles. The Labute approximate surface area is 71.5 Å². The summed E-state index contributed by atoms with van der Waals surface area (Å²) in [5.41, 5.74) is 0. The molecular formula is C8H14N2O2. The lowest BCUT2D eigenvalue weighted by atomic mass is 9.87. The maximum absolute atomic E-state index is 11.3. The average molecular weight is 170 g/mol. The highest BCUT2D eigenvalue weighted by Gasteiger charge is 2.37. The van der Waals surface area contributed by atoms with Gasteiger partial charge in [0.05, 0.1) is 18.7 Å². The van der Waals surface area contributed by atoms with Gasteiger partial charge in [0.25, 0.3) is 0 Å². The highest BCUT2D eigenvalue weighted by molar-refractivity contribution is 5.79. The summed E-state index contributed by atoms with van der Waals surface area (Å²) in [5.74, 6) is 0.130. The van der Waals surface area contributed by atoms with Crippen molar-refractivity contribution in [3.05, 3.63) is 0 Å². The monoisotopic (exact) mass is 170 g/mol. The summed E-state index contributed by atoms with van der Waals surface area (Å²) in [6.45, 7) is 2.04. The van der Waals surface area contributed by atoms with E-state index in [1.54, 1.807) is 0 Å². The van der Waals surface area contributed by atoms with Gasteiger partial charge in [-0.1, -0.05) is 0 Å². The van der Waals surface area contributed by atoms with Gasteiger partial charge in [-0.2, -0.15) is 0 Å². The van der Waals surface area contributed by atoms with Crippen LogP contribution in [0.1, 0.15) is 12.8 Å². The van der Waals surface area contributed by atoms with E-state index in [1.807, 2.05) is 4.90 Å². The number of amides is 1. The molecule has 68 valence electrons. The fourth-order valence-electron chi connectivity index (χ4n) is 1.80. The number of nitrogens with one attached hydrogen (secondary N) is 1. The summed E-state index contributed by atoms with van der Waals surface area (Å²) in [7, 11) is 0. The quantitative estimate of drug-likeness (QED) is 0.527. The summed E-state index contributed by atoms with van der Waals surface area (Å²) in [5, 5.41) is 12.4. The van der Waals surface area contributed by atoms with Crippen molar-refractivity contribution in [2.24, 2.45) is 0 Å². The van der Waals surface area contributed by atoms with Crippen molar-refractivity contribution in [1.29, 1.82) is 0 Å². The molecule has 1 saturated carbocycles. The smallest absolute Gasteiger partial charge is 0.236 e. The van der Waals surface area contributed by atoms with E-state index in [9.17, 15) is 9.90 Å². The maximum Gasteiger partial charge on any atom is 0.236 e. The minimum atomic E-state index is -0.271. The minimum Gasteiger partial charge on any atom is -0.391 e. The van der Waals surface area contributed by atoms with E-state index in [2.05, 4.69) is 5.32 Å². The van der Waals surface area contributed by atoms with E-state index in [0.717, 1.165) is 25.9 Å². The molecule has 0 aromatic rings. The fourth-order valence-corrected chi connectivity index (χ4v) is 1.80. The van der Waals surface area contributed by atoms with E-state index in [1.165, 1.54) is 0 Å². The van der Waals surface area contributed by atoms with Crippen molar-refractivity contribution in [2.45, 2.75) is 25.0 Å². The van der Waals surface area contributed by atoms with Crippen LogP contribution in [0.5, 0.6) is 0 Å². The van der Waals surface area contributed by atoms with Gasteiger partial charge in [-0.25, -0.2) is 0 Å². The molecule has 2 atom stereocenters. The second kappa shape index (κ2) is 3.03. The Kier molecular flexibility index (Phi) is 2.02. The van der Waals surface area contributed by atoms with Crippen LogP contribution in [0.15, 0.2) is 0 Å². The fraction of sp³-hybridized carbons (Fsp3) is 0.875. The minimum absolute atomic E-state index is 0.111. The Morgan fingerprint density at radius 3 is 2.83 bits per heavy atom. The Hall–Kier alpha value is -0.610. The van der Waals surface area contributed by atoms with Crippen LogP contribution in [0.4, 0.5) is 0 Å². The molecule has 4 heteroatoms.